The minimum Gasteiger partial charge on any atom is -0.481 e. The van der Waals surface area contributed by atoms with Crippen LogP contribution in [0.15, 0.2) is 0 Å². The summed E-state index contributed by atoms with van der Waals surface area (Å²) in [6, 6.07) is -5.30. The van der Waals surface area contributed by atoms with Gasteiger partial charge in [0.25, 0.3) is 0 Å². The third-order valence-electron chi connectivity index (χ3n) is 10.2. The van der Waals surface area contributed by atoms with E-state index in [-0.39, 0.29) is 45.1 Å². The Hall–Kier alpha value is -4.85. The highest BCUT2D eigenvalue weighted by molar-refractivity contribution is 5.87. The first-order valence-corrected chi connectivity index (χ1v) is 21.8. The van der Waals surface area contributed by atoms with Gasteiger partial charge in [0.15, 0.2) is 0 Å². The van der Waals surface area contributed by atoms with Crippen LogP contribution >= 0.6 is 0 Å². The Morgan fingerprint density at radius 2 is 0.656 bits per heavy atom. The van der Waals surface area contributed by atoms with Gasteiger partial charge in [0.2, 0.25) is 23.6 Å². The summed E-state index contributed by atoms with van der Waals surface area (Å²) in [5, 5.41) is 55.7. The number of carboxylic acid groups (broad SMARTS) is 5. The molecule has 20 nitrogen and oxygen atoms in total. The van der Waals surface area contributed by atoms with Crippen LogP contribution in [-0.2, 0) is 43.2 Å². The van der Waals surface area contributed by atoms with E-state index in [2.05, 4.69) is 26.7 Å². The molecule has 0 unspecified atom stereocenters. The van der Waals surface area contributed by atoms with Gasteiger partial charge in [-0.05, 0) is 51.4 Å². The second-order valence-corrected chi connectivity index (χ2v) is 15.4. The van der Waals surface area contributed by atoms with E-state index in [0.717, 1.165) is 51.4 Å². The molecule has 0 aromatic heterocycles. The molecule has 0 aromatic rings. The molecule has 0 heterocycles. The quantitative estimate of drug-likeness (QED) is 0.0238. The van der Waals surface area contributed by atoms with Crippen LogP contribution < -0.4 is 32.5 Å². The van der Waals surface area contributed by atoms with Crippen molar-refractivity contribution in [2.75, 3.05) is 6.54 Å². The van der Waals surface area contributed by atoms with Crippen molar-refractivity contribution in [3.8, 4) is 0 Å². The van der Waals surface area contributed by atoms with E-state index in [9.17, 15) is 58.5 Å². The molecule has 12 N–H and O–H groups in total. The standard InChI is InChI=1S/C41H72N6O14/c42-47-32(41(60)61)19-17-18-28-43-33(48)25-22-29(38(54)55)45-35(50)27-24-31(40(58)59)46-36(51)26-23-30(39(56)57)44-34(49)20-15-13-11-9-7-5-3-1-2-4-6-8-10-12-14-16-21-37(52)53/h29-32,47H,1-28,42H2,(H,43,48)(H,44,49)(H,45,50)(H,46,51)(H,52,53)(H,54,55)(H,56,57)(H,58,59)(H,60,61)/t29-,30-,31-,32-/m0/s1. The predicted octanol–water partition coefficient (Wildman–Crippen LogP) is 3.34. The van der Waals surface area contributed by atoms with Gasteiger partial charge in [-0.2, -0.15) is 0 Å². The molecular weight excluding hydrogens is 800 g/mol. The second kappa shape index (κ2) is 35.9. The average molecular weight is 873 g/mol. The number of aliphatic carboxylic acids is 5. The van der Waals surface area contributed by atoms with Crippen molar-refractivity contribution >= 4 is 53.5 Å². The van der Waals surface area contributed by atoms with Gasteiger partial charge < -0.3 is 46.8 Å². The Bertz CT molecular complexity index is 1350. The van der Waals surface area contributed by atoms with Crippen LogP contribution in [0, 0.1) is 0 Å². The Kier molecular flexibility index (Phi) is 33.0. The van der Waals surface area contributed by atoms with Crippen molar-refractivity contribution in [3.05, 3.63) is 0 Å². The van der Waals surface area contributed by atoms with E-state index in [1.165, 1.54) is 44.9 Å². The first-order valence-electron chi connectivity index (χ1n) is 21.8. The van der Waals surface area contributed by atoms with Crippen molar-refractivity contribution in [2.24, 2.45) is 5.84 Å². The molecule has 0 aliphatic carbocycles. The average Bonchev–Trinajstić information content (AvgIpc) is 3.19. The predicted molar refractivity (Wildman–Crippen MR) is 223 cm³/mol. The highest BCUT2D eigenvalue weighted by Crippen LogP contribution is 2.15. The lowest BCUT2D eigenvalue weighted by Gasteiger charge is -2.18. The molecule has 61 heavy (non-hydrogen) atoms. The fraction of sp³-hybridized carbons (Fsp3) is 0.780. The second-order valence-electron chi connectivity index (χ2n) is 15.4. The van der Waals surface area contributed by atoms with Gasteiger partial charge in [0, 0.05) is 38.6 Å². The smallest absolute Gasteiger partial charge is 0.326 e. The number of hydrogen-bond acceptors (Lipinski definition) is 11. The molecule has 0 bridgehead atoms. The Balaban J connectivity index is 4.31. The van der Waals surface area contributed by atoms with E-state index in [1.54, 1.807) is 0 Å². The zero-order chi connectivity index (χ0) is 45.8. The molecule has 0 spiro atoms. The van der Waals surface area contributed by atoms with Crippen LogP contribution in [-0.4, -0.2) is 110 Å². The number of carboxylic acids is 5. The summed E-state index contributed by atoms with van der Waals surface area (Å²) in [5.74, 6) is -3.54. The SMILES string of the molecule is NN[C@@H](CCCCNC(=O)CC[C@H](NC(=O)CC[C@H](NC(=O)CC[C@H](NC(=O)CCCCCCCCCCCCCCCCCCC(=O)O)C(=O)O)C(=O)O)C(=O)O)C(=O)O. The maximum absolute atomic E-state index is 12.5. The number of carbonyl (C=O) groups is 9. The lowest BCUT2D eigenvalue weighted by atomic mass is 10.0. The van der Waals surface area contributed by atoms with Gasteiger partial charge in [0.1, 0.15) is 24.2 Å². The third kappa shape index (κ3) is 32.6. The minimum absolute atomic E-state index is 0.128. The van der Waals surface area contributed by atoms with Crippen molar-refractivity contribution < 1.29 is 68.7 Å². The summed E-state index contributed by atoms with van der Waals surface area (Å²) >= 11 is 0. The Morgan fingerprint density at radius 3 is 0.984 bits per heavy atom. The summed E-state index contributed by atoms with van der Waals surface area (Å²) in [5.41, 5.74) is 2.17. The van der Waals surface area contributed by atoms with Crippen LogP contribution in [0.3, 0.4) is 0 Å². The van der Waals surface area contributed by atoms with E-state index in [0.29, 0.717) is 19.3 Å². The number of rotatable bonds is 41. The number of hydrazine groups is 1. The van der Waals surface area contributed by atoms with Crippen molar-refractivity contribution in [1.29, 1.82) is 0 Å². The molecule has 0 radical (unpaired) electrons. The topological polar surface area (TPSA) is 341 Å². The highest BCUT2D eigenvalue weighted by atomic mass is 16.4. The van der Waals surface area contributed by atoms with Gasteiger partial charge in [-0.25, -0.2) is 19.8 Å². The molecule has 0 aliphatic rings. The fourth-order valence-corrected chi connectivity index (χ4v) is 6.50. The van der Waals surface area contributed by atoms with Gasteiger partial charge in [0.05, 0.1) is 0 Å². The molecule has 0 saturated carbocycles. The lowest BCUT2D eigenvalue weighted by molar-refractivity contribution is -0.144. The summed E-state index contributed by atoms with van der Waals surface area (Å²) in [7, 11) is 0. The van der Waals surface area contributed by atoms with Crippen LogP contribution in [0.25, 0.3) is 0 Å². The Labute approximate surface area is 358 Å². The first kappa shape index (κ1) is 56.1. The molecule has 0 aliphatic heterocycles. The summed E-state index contributed by atoms with van der Waals surface area (Å²) < 4.78 is 0. The molecule has 20 heteroatoms. The zero-order valence-corrected chi connectivity index (χ0v) is 35.6. The maximum atomic E-state index is 12.5. The maximum Gasteiger partial charge on any atom is 0.326 e. The van der Waals surface area contributed by atoms with Crippen molar-refractivity contribution in [1.82, 2.24) is 26.7 Å². The minimum atomic E-state index is -1.55. The summed E-state index contributed by atoms with van der Waals surface area (Å²) in [6.45, 7) is 0.209. The monoisotopic (exact) mass is 873 g/mol. The molecule has 0 saturated heterocycles. The number of hydrogen-bond donors (Lipinski definition) is 11. The van der Waals surface area contributed by atoms with Crippen LogP contribution in [0.5, 0.6) is 0 Å². The number of unbranched alkanes of at least 4 members (excludes halogenated alkanes) is 16. The number of amides is 4. The molecule has 0 rings (SSSR count). The van der Waals surface area contributed by atoms with Gasteiger partial charge >= 0.3 is 29.8 Å². The molecule has 0 aromatic carbocycles. The van der Waals surface area contributed by atoms with Crippen molar-refractivity contribution in [3.63, 3.8) is 0 Å². The van der Waals surface area contributed by atoms with E-state index in [4.69, 9.17) is 16.1 Å². The van der Waals surface area contributed by atoms with E-state index in [1.807, 2.05) is 0 Å². The number of nitrogens with one attached hydrogen (secondary N) is 5. The molecule has 4 atom stereocenters. The highest BCUT2D eigenvalue weighted by Gasteiger charge is 2.26. The van der Waals surface area contributed by atoms with Crippen LogP contribution in [0.2, 0.25) is 0 Å². The molecule has 0 fully saturated rings. The van der Waals surface area contributed by atoms with E-state index < -0.39 is 96.9 Å². The molecular formula is C41H72N6O14. The van der Waals surface area contributed by atoms with Gasteiger partial charge in [-0.15, -0.1) is 0 Å². The first-order chi connectivity index (χ1) is 29.1. The van der Waals surface area contributed by atoms with Crippen LogP contribution in [0.4, 0.5) is 0 Å². The summed E-state index contributed by atoms with van der Waals surface area (Å²) in [4.78, 5) is 106. The largest absolute Gasteiger partial charge is 0.481 e. The fourth-order valence-electron chi connectivity index (χ4n) is 6.50. The summed E-state index contributed by atoms with van der Waals surface area (Å²) in [6.07, 6.45) is 16.4. The number of carbonyl (C=O) groups excluding carboxylic acids is 4. The zero-order valence-electron chi connectivity index (χ0n) is 35.6. The Morgan fingerprint density at radius 1 is 0.344 bits per heavy atom. The molecule has 4 amide bonds. The van der Waals surface area contributed by atoms with Gasteiger partial charge in [-0.3, -0.25) is 34.6 Å². The van der Waals surface area contributed by atoms with E-state index >= 15 is 0 Å². The van der Waals surface area contributed by atoms with Crippen molar-refractivity contribution in [2.45, 2.75) is 198 Å². The van der Waals surface area contributed by atoms with Crippen LogP contribution in [0.1, 0.15) is 173 Å². The normalized spacial score (nSPS) is 12.9. The number of nitrogens with two attached hydrogens (primary N) is 1. The molecule has 350 valence electrons. The lowest BCUT2D eigenvalue weighted by Crippen LogP contribution is -2.45. The third-order valence-corrected chi connectivity index (χ3v) is 10.2. The van der Waals surface area contributed by atoms with Gasteiger partial charge in [-0.1, -0.05) is 89.9 Å².